The van der Waals surface area contributed by atoms with Gasteiger partial charge in [-0.3, -0.25) is 4.99 Å². The first-order valence-electron chi connectivity index (χ1n) is 7.66. The van der Waals surface area contributed by atoms with Gasteiger partial charge in [0.1, 0.15) is 5.76 Å². The van der Waals surface area contributed by atoms with Crippen LogP contribution in [0.25, 0.3) is 0 Å². The average molecular weight is 293 g/mol. The van der Waals surface area contributed by atoms with E-state index in [2.05, 4.69) is 32.5 Å². The molecule has 1 aliphatic rings. The number of nitrogens with zero attached hydrogens (tertiary/aromatic N) is 3. The third-order valence-corrected chi connectivity index (χ3v) is 3.77. The van der Waals surface area contributed by atoms with E-state index in [4.69, 9.17) is 4.42 Å². The number of furan rings is 1. The molecule has 0 unspecified atom stereocenters. The van der Waals surface area contributed by atoms with Crippen molar-refractivity contribution in [1.82, 2.24) is 20.4 Å². The molecule has 1 fully saturated rings. The highest BCUT2D eigenvalue weighted by Crippen LogP contribution is 2.00. The maximum Gasteiger partial charge on any atom is 0.191 e. The molecule has 0 aliphatic carbocycles. The molecule has 0 saturated carbocycles. The highest BCUT2D eigenvalue weighted by atomic mass is 16.3. The molecule has 2 N–H and O–H groups in total. The van der Waals surface area contributed by atoms with E-state index < -0.39 is 0 Å². The summed E-state index contributed by atoms with van der Waals surface area (Å²) in [7, 11) is 3.99. The minimum absolute atomic E-state index is 0.654. The standard InChI is InChI=1S/C15H27N5O/c1-16-15(18-13-14-5-3-12-21-14)17-6-9-20-8-4-7-19(2)10-11-20/h3,5,12H,4,6-11,13H2,1-2H3,(H2,16,17,18). The molecule has 0 atom stereocenters. The molecular weight excluding hydrogens is 266 g/mol. The van der Waals surface area contributed by atoms with E-state index in [9.17, 15) is 0 Å². The topological polar surface area (TPSA) is 56.0 Å². The van der Waals surface area contributed by atoms with Crippen molar-refractivity contribution in [3.05, 3.63) is 24.2 Å². The first-order chi connectivity index (χ1) is 10.3. The van der Waals surface area contributed by atoms with Gasteiger partial charge in [0.15, 0.2) is 5.96 Å². The largest absolute Gasteiger partial charge is 0.467 e. The number of aliphatic imine (C=N–C) groups is 1. The second-order valence-electron chi connectivity index (χ2n) is 5.43. The van der Waals surface area contributed by atoms with Crippen LogP contribution in [0.5, 0.6) is 0 Å². The zero-order valence-electron chi connectivity index (χ0n) is 13.1. The number of hydrogen-bond acceptors (Lipinski definition) is 4. The third kappa shape index (κ3) is 5.77. The van der Waals surface area contributed by atoms with Gasteiger partial charge < -0.3 is 24.9 Å². The predicted molar refractivity (Wildman–Crippen MR) is 85.5 cm³/mol. The number of guanidine groups is 1. The second kappa shape index (κ2) is 8.69. The van der Waals surface area contributed by atoms with Gasteiger partial charge in [-0.15, -0.1) is 0 Å². The molecule has 0 bridgehead atoms. The van der Waals surface area contributed by atoms with Gasteiger partial charge in [-0.05, 0) is 38.7 Å². The van der Waals surface area contributed by atoms with Crippen molar-refractivity contribution < 1.29 is 4.42 Å². The van der Waals surface area contributed by atoms with Crippen LogP contribution in [0.2, 0.25) is 0 Å². The Morgan fingerprint density at radius 3 is 2.95 bits per heavy atom. The highest BCUT2D eigenvalue weighted by Gasteiger charge is 2.11. The van der Waals surface area contributed by atoms with Crippen molar-refractivity contribution in [3.8, 4) is 0 Å². The third-order valence-electron chi connectivity index (χ3n) is 3.77. The van der Waals surface area contributed by atoms with Gasteiger partial charge in [0.05, 0.1) is 12.8 Å². The van der Waals surface area contributed by atoms with Crippen LogP contribution in [0.1, 0.15) is 12.2 Å². The summed E-state index contributed by atoms with van der Waals surface area (Å²) in [5.74, 6) is 1.73. The van der Waals surface area contributed by atoms with E-state index >= 15 is 0 Å². The lowest BCUT2D eigenvalue weighted by Crippen LogP contribution is -2.42. The molecule has 0 amide bonds. The maximum atomic E-state index is 5.29. The molecule has 6 nitrogen and oxygen atoms in total. The van der Waals surface area contributed by atoms with Gasteiger partial charge in [-0.25, -0.2) is 0 Å². The minimum atomic E-state index is 0.654. The summed E-state index contributed by atoms with van der Waals surface area (Å²) in [4.78, 5) is 9.14. The van der Waals surface area contributed by atoms with E-state index in [1.807, 2.05) is 12.1 Å². The normalized spacial score (nSPS) is 18.5. The lowest BCUT2D eigenvalue weighted by Gasteiger charge is -2.20. The van der Waals surface area contributed by atoms with Crippen LogP contribution in [-0.4, -0.2) is 69.1 Å². The summed E-state index contributed by atoms with van der Waals surface area (Å²) in [6.45, 7) is 7.31. The van der Waals surface area contributed by atoms with E-state index in [-0.39, 0.29) is 0 Å². The van der Waals surface area contributed by atoms with E-state index in [1.165, 1.54) is 19.5 Å². The second-order valence-corrected chi connectivity index (χ2v) is 5.43. The zero-order chi connectivity index (χ0) is 14.9. The SMILES string of the molecule is CN=C(NCCN1CCCN(C)CC1)NCc1ccco1. The molecule has 1 aromatic rings. The molecule has 0 aromatic carbocycles. The van der Waals surface area contributed by atoms with Gasteiger partial charge in [0.2, 0.25) is 0 Å². The van der Waals surface area contributed by atoms with E-state index in [0.717, 1.165) is 37.9 Å². The van der Waals surface area contributed by atoms with Crippen LogP contribution >= 0.6 is 0 Å². The van der Waals surface area contributed by atoms with Crippen molar-refractivity contribution in [2.45, 2.75) is 13.0 Å². The molecule has 6 heteroatoms. The Hall–Kier alpha value is -1.53. The number of nitrogens with one attached hydrogen (secondary N) is 2. The van der Waals surface area contributed by atoms with Crippen molar-refractivity contribution in [3.63, 3.8) is 0 Å². The minimum Gasteiger partial charge on any atom is -0.467 e. The predicted octanol–water partition coefficient (Wildman–Crippen LogP) is 0.582. The van der Waals surface area contributed by atoms with Crippen molar-refractivity contribution in [1.29, 1.82) is 0 Å². The first kappa shape index (κ1) is 15.9. The maximum absolute atomic E-state index is 5.29. The molecule has 1 aliphatic heterocycles. The molecule has 21 heavy (non-hydrogen) atoms. The van der Waals surface area contributed by atoms with Crippen LogP contribution in [-0.2, 0) is 6.54 Å². The van der Waals surface area contributed by atoms with Crippen LogP contribution in [0.3, 0.4) is 0 Å². The van der Waals surface area contributed by atoms with Crippen LogP contribution in [0, 0.1) is 0 Å². The summed E-state index contributed by atoms with van der Waals surface area (Å²) >= 11 is 0. The molecule has 118 valence electrons. The lowest BCUT2D eigenvalue weighted by atomic mass is 10.4. The molecule has 0 spiro atoms. The Bertz CT molecular complexity index is 418. The Morgan fingerprint density at radius 1 is 1.29 bits per heavy atom. The molecule has 2 rings (SSSR count). The molecule has 1 aromatic heterocycles. The summed E-state index contributed by atoms with van der Waals surface area (Å²) < 4.78 is 5.29. The molecule has 2 heterocycles. The van der Waals surface area contributed by atoms with Gasteiger partial charge in [0, 0.05) is 33.2 Å². The smallest absolute Gasteiger partial charge is 0.191 e. The van der Waals surface area contributed by atoms with E-state index in [1.54, 1.807) is 13.3 Å². The van der Waals surface area contributed by atoms with Gasteiger partial charge in [0.25, 0.3) is 0 Å². The summed E-state index contributed by atoms with van der Waals surface area (Å²) in [5, 5.41) is 6.60. The fraction of sp³-hybridized carbons (Fsp3) is 0.667. The number of likely N-dealkylation sites (N-methyl/N-ethyl adjacent to an activating group) is 1. The van der Waals surface area contributed by atoms with Crippen molar-refractivity contribution in [2.24, 2.45) is 4.99 Å². The summed E-state index contributed by atoms with van der Waals surface area (Å²) in [6.07, 6.45) is 2.94. The lowest BCUT2D eigenvalue weighted by molar-refractivity contribution is 0.280. The molecular formula is C15H27N5O. The van der Waals surface area contributed by atoms with Crippen LogP contribution < -0.4 is 10.6 Å². The van der Waals surface area contributed by atoms with E-state index in [0.29, 0.717) is 6.54 Å². The summed E-state index contributed by atoms with van der Waals surface area (Å²) in [6, 6.07) is 3.84. The Balaban J connectivity index is 1.64. The molecule has 0 radical (unpaired) electrons. The fourth-order valence-electron chi connectivity index (χ4n) is 2.46. The van der Waals surface area contributed by atoms with Gasteiger partial charge in [-0.2, -0.15) is 0 Å². The Kier molecular flexibility index (Phi) is 6.56. The zero-order valence-corrected chi connectivity index (χ0v) is 13.1. The van der Waals surface area contributed by atoms with Gasteiger partial charge in [-0.1, -0.05) is 0 Å². The van der Waals surface area contributed by atoms with Crippen molar-refractivity contribution >= 4 is 5.96 Å². The monoisotopic (exact) mass is 293 g/mol. The first-order valence-corrected chi connectivity index (χ1v) is 7.66. The average Bonchev–Trinajstić information content (AvgIpc) is 2.92. The Morgan fingerprint density at radius 2 is 2.19 bits per heavy atom. The number of hydrogen-bond donors (Lipinski definition) is 2. The molecule has 1 saturated heterocycles. The highest BCUT2D eigenvalue weighted by molar-refractivity contribution is 5.79. The van der Waals surface area contributed by atoms with Gasteiger partial charge >= 0.3 is 0 Å². The van der Waals surface area contributed by atoms with Crippen LogP contribution in [0.4, 0.5) is 0 Å². The fourth-order valence-corrected chi connectivity index (χ4v) is 2.46. The van der Waals surface area contributed by atoms with Crippen molar-refractivity contribution in [2.75, 3.05) is 53.4 Å². The quantitative estimate of drug-likeness (QED) is 0.614. The Labute approximate surface area is 127 Å². The number of rotatable bonds is 5. The summed E-state index contributed by atoms with van der Waals surface area (Å²) in [5.41, 5.74) is 0. The van der Waals surface area contributed by atoms with Crippen LogP contribution in [0.15, 0.2) is 27.8 Å².